The maximum absolute atomic E-state index is 13.2. The molecule has 9 heteroatoms. The van der Waals surface area contributed by atoms with Crippen molar-refractivity contribution in [3.63, 3.8) is 0 Å². The number of nitrogens with zero attached hydrogens (tertiary/aromatic N) is 3. The molecule has 174 valence electrons. The minimum Gasteiger partial charge on any atom is -0.383 e. The summed E-state index contributed by atoms with van der Waals surface area (Å²) in [5.74, 6) is -0.424. The number of benzene rings is 1. The highest BCUT2D eigenvalue weighted by Gasteiger charge is 2.45. The predicted molar refractivity (Wildman–Crippen MR) is 122 cm³/mol. The van der Waals surface area contributed by atoms with E-state index in [0.717, 1.165) is 18.8 Å². The van der Waals surface area contributed by atoms with Crippen LogP contribution in [0.2, 0.25) is 5.02 Å². The van der Waals surface area contributed by atoms with E-state index in [0.29, 0.717) is 44.0 Å². The Bertz CT molecular complexity index is 887. The van der Waals surface area contributed by atoms with Crippen molar-refractivity contribution in [3.05, 3.63) is 28.8 Å². The Balaban J connectivity index is 1.33. The van der Waals surface area contributed by atoms with Gasteiger partial charge in [0, 0.05) is 56.0 Å². The highest BCUT2D eigenvalue weighted by molar-refractivity contribution is 6.30. The predicted octanol–water partition coefficient (Wildman–Crippen LogP) is 2.28. The second-order valence-electron chi connectivity index (χ2n) is 8.90. The van der Waals surface area contributed by atoms with Gasteiger partial charge in [0.15, 0.2) is 0 Å². The molecule has 32 heavy (non-hydrogen) atoms. The normalized spacial score (nSPS) is 26.1. The summed E-state index contributed by atoms with van der Waals surface area (Å²) in [5.41, 5.74) is 2.29. The van der Waals surface area contributed by atoms with Gasteiger partial charge < -0.3 is 19.9 Å². The molecule has 0 bridgehead atoms. The number of aryl methyl sites for hydroxylation is 1. The fraction of sp³-hybridized carbons (Fsp3) is 0.609. The molecule has 0 aromatic heterocycles. The van der Waals surface area contributed by atoms with Crippen molar-refractivity contribution in [2.75, 3.05) is 51.3 Å². The molecule has 3 unspecified atom stereocenters. The Morgan fingerprint density at radius 1 is 1.19 bits per heavy atom. The highest BCUT2D eigenvalue weighted by Crippen LogP contribution is 2.34. The Labute approximate surface area is 193 Å². The van der Waals surface area contributed by atoms with E-state index in [1.165, 1.54) is 10.5 Å². The second-order valence-corrected chi connectivity index (χ2v) is 9.33. The molecule has 0 spiro atoms. The van der Waals surface area contributed by atoms with Crippen LogP contribution in [0.4, 0.5) is 10.5 Å². The van der Waals surface area contributed by atoms with Crippen LogP contribution in [0.15, 0.2) is 18.2 Å². The Morgan fingerprint density at radius 2 is 1.94 bits per heavy atom. The molecule has 3 fully saturated rings. The van der Waals surface area contributed by atoms with Gasteiger partial charge in [-0.3, -0.25) is 14.5 Å². The molecule has 3 atom stereocenters. The van der Waals surface area contributed by atoms with Gasteiger partial charge in [0.25, 0.3) is 0 Å². The zero-order chi connectivity index (χ0) is 22.8. The summed E-state index contributed by atoms with van der Waals surface area (Å²) in [5, 5.41) is 3.67. The molecular weight excluding hydrogens is 432 g/mol. The van der Waals surface area contributed by atoms with E-state index >= 15 is 0 Å². The molecular formula is C23H31ClN4O4. The molecule has 2 saturated heterocycles. The first kappa shape index (κ1) is 22.9. The molecule has 4 amide bonds. The number of ether oxygens (including phenoxy) is 1. The van der Waals surface area contributed by atoms with E-state index in [9.17, 15) is 14.4 Å². The summed E-state index contributed by atoms with van der Waals surface area (Å²) in [6, 6.07) is 5.24. The van der Waals surface area contributed by atoms with Crippen LogP contribution in [0.3, 0.4) is 0 Å². The lowest BCUT2D eigenvalue weighted by Crippen LogP contribution is -2.62. The fourth-order valence-corrected chi connectivity index (χ4v) is 5.30. The number of hydrogen-bond donors (Lipinski definition) is 1. The van der Waals surface area contributed by atoms with Crippen LogP contribution < -0.4 is 10.2 Å². The topological polar surface area (TPSA) is 82.2 Å². The lowest BCUT2D eigenvalue weighted by molar-refractivity contribution is -0.143. The van der Waals surface area contributed by atoms with E-state index in [1.54, 1.807) is 7.11 Å². The van der Waals surface area contributed by atoms with Crippen molar-refractivity contribution < 1.29 is 19.1 Å². The lowest BCUT2D eigenvalue weighted by Gasteiger charge is -2.43. The van der Waals surface area contributed by atoms with Gasteiger partial charge in [-0.25, -0.2) is 4.79 Å². The van der Waals surface area contributed by atoms with Gasteiger partial charge in [0.2, 0.25) is 11.8 Å². The van der Waals surface area contributed by atoms with Crippen molar-refractivity contribution >= 4 is 35.1 Å². The van der Waals surface area contributed by atoms with Crippen molar-refractivity contribution in [1.82, 2.24) is 15.1 Å². The number of urea groups is 1. The number of piperazine rings is 1. The minimum atomic E-state index is -0.382. The molecule has 1 aromatic rings. The number of hydrogen-bond acceptors (Lipinski definition) is 5. The first-order chi connectivity index (χ1) is 15.4. The molecule has 8 nitrogen and oxygen atoms in total. The second kappa shape index (κ2) is 9.67. The fourth-order valence-electron chi connectivity index (χ4n) is 5.13. The van der Waals surface area contributed by atoms with E-state index in [-0.39, 0.29) is 42.3 Å². The Hall–Kier alpha value is -2.32. The molecule has 2 heterocycles. The van der Waals surface area contributed by atoms with E-state index in [4.69, 9.17) is 16.3 Å². The summed E-state index contributed by atoms with van der Waals surface area (Å²) in [6.07, 6.45) is 1.81. The quantitative estimate of drug-likeness (QED) is 0.726. The third-order valence-electron chi connectivity index (χ3n) is 6.96. The maximum atomic E-state index is 13.2. The van der Waals surface area contributed by atoms with Gasteiger partial charge in [0.05, 0.1) is 19.1 Å². The summed E-state index contributed by atoms with van der Waals surface area (Å²) < 4.78 is 5.01. The van der Waals surface area contributed by atoms with Gasteiger partial charge >= 0.3 is 6.03 Å². The van der Waals surface area contributed by atoms with Crippen LogP contribution in [-0.2, 0) is 14.3 Å². The highest BCUT2D eigenvalue weighted by atomic mass is 35.5. The lowest BCUT2D eigenvalue weighted by atomic mass is 9.76. The third kappa shape index (κ3) is 4.57. The molecule has 1 saturated carbocycles. The minimum absolute atomic E-state index is 0.134. The van der Waals surface area contributed by atoms with Crippen LogP contribution >= 0.6 is 11.6 Å². The first-order valence-electron chi connectivity index (χ1n) is 11.3. The number of fused-ring (bicyclic) bond motifs is 1. The van der Waals surface area contributed by atoms with Gasteiger partial charge in [-0.2, -0.15) is 0 Å². The van der Waals surface area contributed by atoms with Crippen molar-refractivity contribution in [2.24, 2.45) is 11.8 Å². The van der Waals surface area contributed by atoms with Crippen LogP contribution in [0.25, 0.3) is 0 Å². The zero-order valence-electron chi connectivity index (χ0n) is 18.7. The molecule has 0 radical (unpaired) electrons. The smallest absolute Gasteiger partial charge is 0.324 e. The number of imide groups is 1. The largest absolute Gasteiger partial charge is 0.383 e. The molecule has 1 N–H and O–H groups in total. The molecule has 2 aliphatic heterocycles. The molecule has 1 aliphatic carbocycles. The third-order valence-corrected chi connectivity index (χ3v) is 7.19. The first-order valence-corrected chi connectivity index (χ1v) is 11.7. The van der Waals surface area contributed by atoms with Crippen LogP contribution in [0, 0.1) is 18.8 Å². The number of carbonyl (C=O) groups excluding carboxylic acids is 3. The van der Waals surface area contributed by atoms with E-state index in [1.807, 2.05) is 23.1 Å². The monoisotopic (exact) mass is 462 g/mol. The van der Waals surface area contributed by atoms with Crippen LogP contribution in [0.5, 0.6) is 0 Å². The standard InChI is InChI=1S/C23H31ClN4O4/c1-15-3-5-17(24)14-20(15)26-7-9-27(10-8-26)21(29)16-4-6-18-19(13-16)25-23(31)28(22(18)30)11-12-32-2/h3,5,14,16,18-19H,4,6-13H2,1-2H3,(H,25,31). The summed E-state index contributed by atoms with van der Waals surface area (Å²) in [7, 11) is 1.54. The van der Waals surface area contributed by atoms with Gasteiger partial charge in [-0.15, -0.1) is 0 Å². The SMILES string of the molecule is COCCN1C(=O)NC2CC(C(=O)N3CCN(c4cc(Cl)ccc4C)CC3)CCC2C1=O. The van der Waals surface area contributed by atoms with Gasteiger partial charge in [0.1, 0.15) is 0 Å². The average Bonchev–Trinajstić information content (AvgIpc) is 2.80. The maximum Gasteiger partial charge on any atom is 0.324 e. The van der Waals surface area contributed by atoms with Crippen LogP contribution in [-0.4, -0.2) is 80.1 Å². The zero-order valence-corrected chi connectivity index (χ0v) is 19.4. The Kier molecular flexibility index (Phi) is 6.90. The summed E-state index contributed by atoms with van der Waals surface area (Å²) in [4.78, 5) is 43.8. The number of halogens is 1. The number of nitrogens with one attached hydrogen (secondary N) is 1. The van der Waals surface area contributed by atoms with Crippen molar-refractivity contribution in [1.29, 1.82) is 0 Å². The van der Waals surface area contributed by atoms with E-state index < -0.39 is 0 Å². The summed E-state index contributed by atoms with van der Waals surface area (Å²) >= 11 is 6.17. The molecule has 1 aromatic carbocycles. The molecule has 4 rings (SSSR count). The number of amides is 4. The van der Waals surface area contributed by atoms with Crippen molar-refractivity contribution in [3.8, 4) is 0 Å². The number of methoxy groups -OCH3 is 1. The van der Waals surface area contributed by atoms with Gasteiger partial charge in [-0.1, -0.05) is 17.7 Å². The van der Waals surface area contributed by atoms with Gasteiger partial charge in [-0.05, 0) is 43.9 Å². The summed E-state index contributed by atoms with van der Waals surface area (Å²) in [6.45, 7) is 5.47. The Morgan fingerprint density at radius 3 is 2.66 bits per heavy atom. The van der Waals surface area contributed by atoms with E-state index in [2.05, 4.69) is 17.1 Å². The number of carbonyl (C=O) groups is 3. The number of anilines is 1. The van der Waals surface area contributed by atoms with Crippen molar-refractivity contribution in [2.45, 2.75) is 32.2 Å². The van der Waals surface area contributed by atoms with Crippen LogP contribution in [0.1, 0.15) is 24.8 Å². The number of rotatable bonds is 5. The molecule has 3 aliphatic rings. The average molecular weight is 463 g/mol.